The van der Waals surface area contributed by atoms with Crippen molar-refractivity contribution in [2.75, 3.05) is 12.3 Å². The van der Waals surface area contributed by atoms with Crippen molar-refractivity contribution in [2.45, 2.75) is 30.7 Å². The summed E-state index contributed by atoms with van der Waals surface area (Å²) in [5.74, 6) is 1.10. The Morgan fingerprint density at radius 1 is 1.25 bits per heavy atom. The van der Waals surface area contributed by atoms with Gasteiger partial charge in [0.15, 0.2) is 0 Å². The first-order valence-corrected chi connectivity index (χ1v) is 9.21. The van der Waals surface area contributed by atoms with Crippen molar-refractivity contribution in [3.63, 3.8) is 0 Å². The molecule has 2 aromatic rings. The molecule has 108 valence electrons. The summed E-state index contributed by atoms with van der Waals surface area (Å²) in [5.41, 5.74) is 1.45. The molecule has 0 spiro atoms. The van der Waals surface area contributed by atoms with Gasteiger partial charge in [-0.2, -0.15) is 11.3 Å². The van der Waals surface area contributed by atoms with Gasteiger partial charge in [0, 0.05) is 21.7 Å². The lowest BCUT2D eigenvalue weighted by Crippen LogP contribution is -2.31. The van der Waals surface area contributed by atoms with E-state index in [-0.39, 0.29) is 0 Å². The number of halogens is 1. The van der Waals surface area contributed by atoms with Crippen LogP contribution in [0.4, 0.5) is 0 Å². The lowest BCUT2D eigenvalue weighted by atomic mass is 10.1. The van der Waals surface area contributed by atoms with E-state index in [2.05, 4.69) is 41.2 Å². The third-order valence-corrected chi connectivity index (χ3v) is 5.28. The van der Waals surface area contributed by atoms with Crippen LogP contribution in [0.5, 0.6) is 0 Å². The van der Waals surface area contributed by atoms with Gasteiger partial charge < -0.3 is 5.32 Å². The van der Waals surface area contributed by atoms with E-state index >= 15 is 0 Å². The average molecular weight is 326 g/mol. The van der Waals surface area contributed by atoms with Crippen molar-refractivity contribution in [3.05, 3.63) is 51.7 Å². The van der Waals surface area contributed by atoms with Crippen molar-refractivity contribution in [3.8, 4) is 0 Å². The molecule has 0 saturated heterocycles. The number of hydrogen-bond donors (Lipinski definition) is 1. The van der Waals surface area contributed by atoms with Crippen molar-refractivity contribution in [2.24, 2.45) is 0 Å². The minimum atomic E-state index is 0.556. The molecule has 1 unspecified atom stereocenters. The van der Waals surface area contributed by atoms with E-state index in [1.54, 1.807) is 11.3 Å². The van der Waals surface area contributed by atoms with Crippen LogP contribution in [0.2, 0.25) is 5.02 Å². The fourth-order valence-corrected chi connectivity index (χ4v) is 3.87. The Morgan fingerprint density at radius 3 is 2.70 bits per heavy atom. The minimum absolute atomic E-state index is 0.556. The van der Waals surface area contributed by atoms with Gasteiger partial charge in [0.05, 0.1) is 0 Å². The van der Waals surface area contributed by atoms with E-state index in [1.807, 2.05) is 23.9 Å². The topological polar surface area (TPSA) is 12.0 Å². The standard InChI is InChI=1S/C16H20ClNS2/c1-2-18-15(6-3-13-9-10-19-11-13)12-20-16-7-4-14(17)5-8-16/h4-5,7-11,15,18H,2-3,6,12H2,1H3. The molecule has 1 aromatic carbocycles. The molecule has 1 nitrogen and oxygen atoms in total. The first kappa shape index (κ1) is 15.9. The van der Waals surface area contributed by atoms with Gasteiger partial charge in [-0.05, 0) is 66.0 Å². The molecule has 1 heterocycles. The van der Waals surface area contributed by atoms with Crippen LogP contribution in [0.3, 0.4) is 0 Å². The number of benzene rings is 1. The Labute approximate surface area is 134 Å². The summed E-state index contributed by atoms with van der Waals surface area (Å²) < 4.78 is 0. The maximum atomic E-state index is 5.91. The lowest BCUT2D eigenvalue weighted by Gasteiger charge is -2.17. The van der Waals surface area contributed by atoms with Crippen molar-refractivity contribution >= 4 is 34.7 Å². The quantitative estimate of drug-likeness (QED) is 0.677. The van der Waals surface area contributed by atoms with E-state index in [0.717, 1.165) is 23.7 Å². The second-order valence-corrected chi connectivity index (χ2v) is 7.00. The van der Waals surface area contributed by atoms with Gasteiger partial charge in [-0.25, -0.2) is 0 Å². The van der Waals surface area contributed by atoms with Gasteiger partial charge in [-0.1, -0.05) is 18.5 Å². The summed E-state index contributed by atoms with van der Waals surface area (Å²) in [7, 11) is 0. The summed E-state index contributed by atoms with van der Waals surface area (Å²) in [6, 6.07) is 10.9. The molecule has 0 saturated carbocycles. The molecule has 20 heavy (non-hydrogen) atoms. The van der Waals surface area contributed by atoms with E-state index in [9.17, 15) is 0 Å². The van der Waals surface area contributed by atoms with Crippen LogP contribution in [0.15, 0.2) is 46.0 Å². The third kappa shape index (κ3) is 5.49. The van der Waals surface area contributed by atoms with Gasteiger partial charge >= 0.3 is 0 Å². The van der Waals surface area contributed by atoms with Gasteiger partial charge in [-0.15, -0.1) is 11.8 Å². The van der Waals surface area contributed by atoms with Crippen molar-refractivity contribution in [1.29, 1.82) is 0 Å². The van der Waals surface area contributed by atoms with Crippen LogP contribution in [0.1, 0.15) is 18.9 Å². The highest BCUT2D eigenvalue weighted by Crippen LogP contribution is 2.22. The highest BCUT2D eigenvalue weighted by Gasteiger charge is 2.08. The van der Waals surface area contributed by atoms with Crippen LogP contribution < -0.4 is 5.32 Å². The summed E-state index contributed by atoms with van der Waals surface area (Å²) in [6.07, 6.45) is 2.34. The predicted octanol–water partition coefficient (Wildman–Crippen LogP) is 5.10. The Bertz CT molecular complexity index is 482. The first-order chi connectivity index (χ1) is 9.78. The van der Waals surface area contributed by atoms with Crippen LogP contribution in [0, 0.1) is 0 Å². The highest BCUT2D eigenvalue weighted by molar-refractivity contribution is 7.99. The molecule has 1 aromatic heterocycles. The Hall–Kier alpha value is -0.480. The zero-order valence-electron chi connectivity index (χ0n) is 11.6. The highest BCUT2D eigenvalue weighted by atomic mass is 35.5. The number of hydrogen-bond acceptors (Lipinski definition) is 3. The zero-order valence-corrected chi connectivity index (χ0v) is 14.0. The summed E-state index contributed by atoms with van der Waals surface area (Å²) in [6.45, 7) is 3.19. The zero-order chi connectivity index (χ0) is 14.2. The molecule has 0 amide bonds. The summed E-state index contributed by atoms with van der Waals surface area (Å²) >= 11 is 9.58. The smallest absolute Gasteiger partial charge is 0.0406 e. The molecule has 2 rings (SSSR count). The summed E-state index contributed by atoms with van der Waals surface area (Å²) in [4.78, 5) is 1.29. The Morgan fingerprint density at radius 2 is 2.05 bits per heavy atom. The van der Waals surface area contributed by atoms with Gasteiger partial charge in [0.2, 0.25) is 0 Å². The molecule has 0 fully saturated rings. The normalized spacial score (nSPS) is 12.5. The Kier molecular flexibility index (Phi) is 6.94. The number of aryl methyl sites for hydroxylation is 1. The molecule has 1 N–H and O–H groups in total. The number of thioether (sulfide) groups is 1. The number of nitrogens with one attached hydrogen (secondary N) is 1. The maximum Gasteiger partial charge on any atom is 0.0406 e. The molecular weight excluding hydrogens is 306 g/mol. The maximum absolute atomic E-state index is 5.91. The van der Waals surface area contributed by atoms with E-state index < -0.39 is 0 Å². The molecule has 4 heteroatoms. The molecule has 0 aliphatic carbocycles. The third-order valence-electron chi connectivity index (χ3n) is 3.12. The van der Waals surface area contributed by atoms with Crippen LogP contribution in [0.25, 0.3) is 0 Å². The van der Waals surface area contributed by atoms with E-state index in [0.29, 0.717) is 6.04 Å². The monoisotopic (exact) mass is 325 g/mol. The Balaban J connectivity index is 1.80. The summed E-state index contributed by atoms with van der Waals surface area (Å²) in [5, 5.41) is 8.78. The average Bonchev–Trinajstić information content (AvgIpc) is 2.97. The van der Waals surface area contributed by atoms with Crippen LogP contribution in [-0.2, 0) is 6.42 Å². The molecule has 0 aliphatic rings. The number of thiophene rings is 1. The second kappa shape index (κ2) is 8.73. The van der Waals surface area contributed by atoms with Gasteiger partial charge in [-0.3, -0.25) is 0 Å². The predicted molar refractivity (Wildman–Crippen MR) is 92.3 cm³/mol. The van der Waals surface area contributed by atoms with E-state index in [4.69, 9.17) is 11.6 Å². The minimum Gasteiger partial charge on any atom is -0.313 e. The van der Waals surface area contributed by atoms with E-state index in [1.165, 1.54) is 16.9 Å². The second-order valence-electron chi connectivity index (χ2n) is 4.69. The molecule has 0 bridgehead atoms. The molecular formula is C16H20ClNS2. The largest absolute Gasteiger partial charge is 0.313 e. The van der Waals surface area contributed by atoms with Crippen LogP contribution >= 0.6 is 34.7 Å². The fraction of sp³-hybridized carbons (Fsp3) is 0.375. The SMILES string of the molecule is CCNC(CCc1ccsc1)CSc1ccc(Cl)cc1. The molecule has 0 aliphatic heterocycles. The fourth-order valence-electron chi connectivity index (χ4n) is 2.04. The van der Waals surface area contributed by atoms with Crippen molar-refractivity contribution in [1.82, 2.24) is 5.32 Å². The lowest BCUT2D eigenvalue weighted by molar-refractivity contribution is 0.538. The van der Waals surface area contributed by atoms with Gasteiger partial charge in [0.25, 0.3) is 0 Å². The number of rotatable bonds is 8. The van der Waals surface area contributed by atoms with Crippen molar-refractivity contribution < 1.29 is 0 Å². The molecule has 1 atom stereocenters. The van der Waals surface area contributed by atoms with Crippen LogP contribution in [-0.4, -0.2) is 18.3 Å². The molecule has 0 radical (unpaired) electrons. The first-order valence-electron chi connectivity index (χ1n) is 6.90. The van der Waals surface area contributed by atoms with Gasteiger partial charge in [0.1, 0.15) is 0 Å².